The first-order valence-electron chi connectivity index (χ1n) is 8.48. The Bertz CT molecular complexity index is 1120. The minimum atomic E-state index is -0.219. The molecule has 134 valence electrons. The molecule has 2 aromatic heterocycles. The van der Waals surface area contributed by atoms with E-state index in [9.17, 15) is 4.79 Å². The van der Waals surface area contributed by atoms with Gasteiger partial charge in [-0.15, -0.1) is 0 Å². The van der Waals surface area contributed by atoms with Crippen molar-refractivity contribution in [3.05, 3.63) is 72.6 Å². The zero-order chi connectivity index (χ0) is 18.8. The van der Waals surface area contributed by atoms with Crippen molar-refractivity contribution < 1.29 is 9.53 Å². The Morgan fingerprint density at radius 1 is 1.07 bits per heavy atom. The molecule has 0 unspecified atom stereocenters. The summed E-state index contributed by atoms with van der Waals surface area (Å²) in [6, 6.07) is 16.6. The molecule has 0 aliphatic heterocycles. The minimum absolute atomic E-state index is 0.219. The van der Waals surface area contributed by atoms with Crippen molar-refractivity contribution >= 4 is 22.6 Å². The number of imidazole rings is 1. The summed E-state index contributed by atoms with van der Waals surface area (Å²) in [6.45, 7) is 0. The molecule has 0 saturated heterocycles. The molecule has 2 heterocycles. The number of ether oxygens (including phenoxy) is 1. The second-order valence-electron chi connectivity index (χ2n) is 6.09. The first-order chi connectivity index (χ1) is 13.2. The number of pyridine rings is 1. The summed E-state index contributed by atoms with van der Waals surface area (Å²) in [5.74, 6) is 1.17. The number of methoxy groups -OCH3 is 1. The van der Waals surface area contributed by atoms with Gasteiger partial charge in [-0.2, -0.15) is 0 Å². The van der Waals surface area contributed by atoms with Crippen LogP contribution in [0.1, 0.15) is 10.4 Å². The van der Waals surface area contributed by atoms with Crippen LogP contribution in [0.25, 0.3) is 22.4 Å². The van der Waals surface area contributed by atoms with E-state index in [2.05, 4.69) is 10.3 Å². The second-order valence-corrected chi connectivity index (χ2v) is 6.09. The number of rotatable bonds is 4. The third-order valence-corrected chi connectivity index (χ3v) is 4.43. The zero-order valence-corrected chi connectivity index (χ0v) is 15.0. The Morgan fingerprint density at radius 2 is 1.85 bits per heavy atom. The fourth-order valence-electron chi connectivity index (χ4n) is 3.06. The third kappa shape index (κ3) is 3.13. The summed E-state index contributed by atoms with van der Waals surface area (Å²) in [6.07, 6.45) is 3.49. The molecule has 6 heteroatoms. The average Bonchev–Trinajstić information content (AvgIpc) is 3.05. The molecule has 4 aromatic rings. The van der Waals surface area contributed by atoms with Gasteiger partial charge >= 0.3 is 0 Å². The molecular formula is C21H18N4O2. The molecular weight excluding hydrogens is 340 g/mol. The Kier molecular flexibility index (Phi) is 4.30. The minimum Gasteiger partial charge on any atom is -0.496 e. The largest absolute Gasteiger partial charge is 0.496 e. The van der Waals surface area contributed by atoms with Crippen molar-refractivity contribution in [2.24, 2.45) is 7.05 Å². The van der Waals surface area contributed by atoms with Crippen molar-refractivity contribution in [3.8, 4) is 17.1 Å². The van der Waals surface area contributed by atoms with Gasteiger partial charge in [-0.25, -0.2) is 4.98 Å². The van der Waals surface area contributed by atoms with Gasteiger partial charge in [0.05, 0.1) is 23.7 Å². The van der Waals surface area contributed by atoms with Gasteiger partial charge in [0, 0.05) is 30.7 Å². The van der Waals surface area contributed by atoms with Crippen LogP contribution in [0.15, 0.2) is 67.0 Å². The Balaban J connectivity index is 1.68. The predicted octanol–water partition coefficient (Wildman–Crippen LogP) is 3.90. The highest BCUT2D eigenvalue weighted by Crippen LogP contribution is 2.26. The molecule has 0 bridgehead atoms. The van der Waals surface area contributed by atoms with Gasteiger partial charge in [-0.05, 0) is 42.5 Å². The van der Waals surface area contributed by atoms with E-state index in [1.807, 2.05) is 54.1 Å². The van der Waals surface area contributed by atoms with E-state index < -0.39 is 0 Å². The number of fused-ring (bicyclic) bond motifs is 1. The summed E-state index contributed by atoms with van der Waals surface area (Å²) in [4.78, 5) is 21.4. The zero-order valence-electron chi connectivity index (χ0n) is 15.0. The SMILES string of the molecule is COc1ccccc1C(=O)Nc1ccc2nc(-c3ccncc3)n(C)c2c1. The van der Waals surface area contributed by atoms with Gasteiger partial charge < -0.3 is 14.6 Å². The quantitative estimate of drug-likeness (QED) is 0.601. The maximum absolute atomic E-state index is 12.6. The third-order valence-electron chi connectivity index (χ3n) is 4.43. The van der Waals surface area contributed by atoms with Gasteiger partial charge in [0.2, 0.25) is 0 Å². The number of hydrogen-bond acceptors (Lipinski definition) is 4. The fourth-order valence-corrected chi connectivity index (χ4v) is 3.06. The monoisotopic (exact) mass is 358 g/mol. The van der Waals surface area contributed by atoms with Crippen LogP contribution >= 0.6 is 0 Å². The summed E-state index contributed by atoms with van der Waals surface area (Å²) < 4.78 is 7.27. The average molecular weight is 358 g/mol. The maximum Gasteiger partial charge on any atom is 0.259 e. The Labute approximate surface area is 156 Å². The van der Waals surface area contributed by atoms with Crippen LogP contribution in [0.3, 0.4) is 0 Å². The van der Waals surface area contributed by atoms with Crippen molar-refractivity contribution in [3.63, 3.8) is 0 Å². The van der Waals surface area contributed by atoms with Crippen molar-refractivity contribution in [1.29, 1.82) is 0 Å². The first-order valence-corrected chi connectivity index (χ1v) is 8.48. The number of nitrogens with zero attached hydrogens (tertiary/aromatic N) is 3. The summed E-state index contributed by atoms with van der Waals surface area (Å²) >= 11 is 0. The lowest BCUT2D eigenvalue weighted by atomic mass is 10.2. The first kappa shape index (κ1) is 16.8. The van der Waals surface area contributed by atoms with Crippen LogP contribution in [-0.2, 0) is 7.05 Å². The van der Waals surface area contributed by atoms with Crippen molar-refractivity contribution in [2.45, 2.75) is 0 Å². The van der Waals surface area contributed by atoms with E-state index in [0.29, 0.717) is 17.0 Å². The van der Waals surface area contributed by atoms with Crippen LogP contribution in [0.5, 0.6) is 5.75 Å². The number of para-hydroxylation sites is 1. The molecule has 0 atom stereocenters. The number of aryl methyl sites for hydroxylation is 1. The van der Waals surface area contributed by atoms with E-state index in [1.54, 1.807) is 31.6 Å². The Morgan fingerprint density at radius 3 is 2.63 bits per heavy atom. The molecule has 0 saturated carbocycles. The molecule has 2 aromatic carbocycles. The van der Waals surface area contributed by atoms with Crippen LogP contribution < -0.4 is 10.1 Å². The number of amides is 1. The van der Waals surface area contributed by atoms with Gasteiger partial charge in [-0.1, -0.05) is 12.1 Å². The number of anilines is 1. The van der Waals surface area contributed by atoms with E-state index in [-0.39, 0.29) is 5.91 Å². The van der Waals surface area contributed by atoms with E-state index in [0.717, 1.165) is 22.4 Å². The Hall–Kier alpha value is -3.67. The topological polar surface area (TPSA) is 69.0 Å². The van der Waals surface area contributed by atoms with E-state index in [1.165, 1.54) is 0 Å². The van der Waals surface area contributed by atoms with Gasteiger partial charge in [0.15, 0.2) is 0 Å². The molecule has 0 radical (unpaired) electrons. The van der Waals surface area contributed by atoms with Gasteiger partial charge in [-0.3, -0.25) is 9.78 Å². The molecule has 1 amide bonds. The fraction of sp³-hybridized carbons (Fsp3) is 0.0952. The summed E-state index contributed by atoms with van der Waals surface area (Å²) in [7, 11) is 3.51. The smallest absolute Gasteiger partial charge is 0.259 e. The highest BCUT2D eigenvalue weighted by atomic mass is 16.5. The predicted molar refractivity (Wildman–Crippen MR) is 105 cm³/mol. The number of hydrogen-bond donors (Lipinski definition) is 1. The highest BCUT2D eigenvalue weighted by molar-refractivity contribution is 6.06. The molecule has 1 N–H and O–H groups in total. The lowest BCUT2D eigenvalue weighted by molar-refractivity contribution is 0.102. The summed E-state index contributed by atoms with van der Waals surface area (Å²) in [5.41, 5.74) is 3.97. The van der Waals surface area contributed by atoms with Crippen LogP contribution in [0, 0.1) is 0 Å². The number of benzene rings is 2. The lowest BCUT2D eigenvalue weighted by Crippen LogP contribution is -2.13. The van der Waals surface area contributed by atoms with Gasteiger partial charge in [0.1, 0.15) is 11.6 Å². The molecule has 27 heavy (non-hydrogen) atoms. The normalized spacial score (nSPS) is 10.7. The number of carbonyl (C=O) groups excluding carboxylic acids is 1. The van der Waals surface area contributed by atoms with Crippen molar-refractivity contribution in [1.82, 2.24) is 14.5 Å². The van der Waals surface area contributed by atoms with Crippen LogP contribution in [0.4, 0.5) is 5.69 Å². The molecule has 6 nitrogen and oxygen atoms in total. The van der Waals surface area contributed by atoms with Crippen LogP contribution in [0.2, 0.25) is 0 Å². The summed E-state index contributed by atoms with van der Waals surface area (Å²) in [5, 5.41) is 2.93. The van der Waals surface area contributed by atoms with Crippen LogP contribution in [-0.4, -0.2) is 27.6 Å². The number of nitrogens with one attached hydrogen (secondary N) is 1. The van der Waals surface area contributed by atoms with E-state index >= 15 is 0 Å². The lowest BCUT2D eigenvalue weighted by Gasteiger charge is -2.09. The molecule has 0 aliphatic carbocycles. The second kappa shape index (κ2) is 6.92. The molecule has 0 fully saturated rings. The van der Waals surface area contributed by atoms with Crippen molar-refractivity contribution in [2.75, 3.05) is 12.4 Å². The molecule has 0 aliphatic rings. The maximum atomic E-state index is 12.6. The highest BCUT2D eigenvalue weighted by Gasteiger charge is 2.14. The molecule has 4 rings (SSSR count). The molecule has 0 spiro atoms. The van der Waals surface area contributed by atoms with E-state index in [4.69, 9.17) is 9.72 Å². The van der Waals surface area contributed by atoms with Gasteiger partial charge in [0.25, 0.3) is 5.91 Å². The number of aromatic nitrogens is 3. The standard InChI is InChI=1S/C21H18N4O2/c1-25-18-13-15(23-21(26)16-5-3-4-6-19(16)27-2)7-8-17(18)24-20(25)14-9-11-22-12-10-14/h3-13H,1-2H3,(H,23,26). The number of carbonyl (C=O) groups is 1.